The zero-order valence-electron chi connectivity index (χ0n) is 19.7. The number of pyridine rings is 1. The Morgan fingerprint density at radius 3 is 2.45 bits per heavy atom. The second-order valence-electron chi connectivity index (χ2n) is 7.13. The van der Waals surface area contributed by atoms with E-state index in [1.165, 1.54) is 7.05 Å². The molecule has 1 aromatic carbocycles. The second-order valence-corrected chi connectivity index (χ2v) is 7.13. The van der Waals surface area contributed by atoms with Crippen LogP contribution < -0.4 is 11.5 Å². The molecule has 0 fully saturated rings. The fourth-order valence-electron chi connectivity index (χ4n) is 3.56. The molecule has 1 atom stereocenters. The number of anilines is 1. The van der Waals surface area contributed by atoms with Crippen molar-refractivity contribution < 1.29 is 4.79 Å². The second kappa shape index (κ2) is 13.4. The lowest BCUT2D eigenvalue weighted by Gasteiger charge is -2.09. The van der Waals surface area contributed by atoms with Gasteiger partial charge in [0.05, 0.1) is 29.4 Å². The first-order chi connectivity index (χ1) is 15.9. The van der Waals surface area contributed by atoms with Crippen molar-refractivity contribution >= 4 is 22.9 Å². The van der Waals surface area contributed by atoms with E-state index >= 15 is 0 Å². The highest BCUT2D eigenvalue weighted by atomic mass is 16.1. The molecule has 0 bridgehead atoms. The number of nitriles is 1. The summed E-state index contributed by atoms with van der Waals surface area (Å²) in [7, 11) is 1.50. The summed E-state index contributed by atoms with van der Waals surface area (Å²) < 4.78 is 2.09. The molecule has 0 aliphatic heterocycles. The van der Waals surface area contributed by atoms with Gasteiger partial charge in [-0.3, -0.25) is 4.98 Å². The van der Waals surface area contributed by atoms with Gasteiger partial charge < -0.3 is 20.8 Å². The minimum absolute atomic E-state index is 0.416. The summed E-state index contributed by atoms with van der Waals surface area (Å²) in [5.41, 5.74) is 16.8. The zero-order chi connectivity index (χ0) is 25.0. The number of aldehydes is 1. The molecule has 1 unspecified atom stereocenters. The SMILES string of the molecule is C#CC.C#CC(C=O)CCn1cc(-c2cncc(N)c2CC)c2cc(C#N)c(C)cc21.CN. The van der Waals surface area contributed by atoms with Crippen molar-refractivity contribution in [1.82, 2.24) is 9.55 Å². The van der Waals surface area contributed by atoms with Crippen LogP contribution in [0.2, 0.25) is 0 Å². The summed E-state index contributed by atoms with van der Waals surface area (Å²) in [6, 6.07) is 6.18. The van der Waals surface area contributed by atoms with E-state index in [9.17, 15) is 10.1 Å². The summed E-state index contributed by atoms with van der Waals surface area (Å²) >= 11 is 0. The molecule has 0 aliphatic carbocycles. The van der Waals surface area contributed by atoms with E-state index in [0.29, 0.717) is 24.2 Å². The largest absolute Gasteiger partial charge is 0.397 e. The molecule has 0 saturated carbocycles. The van der Waals surface area contributed by atoms with Crippen LogP contribution in [0.5, 0.6) is 0 Å². The Labute approximate surface area is 196 Å². The molecule has 170 valence electrons. The van der Waals surface area contributed by atoms with Gasteiger partial charge in [0.15, 0.2) is 0 Å². The Morgan fingerprint density at radius 1 is 1.24 bits per heavy atom. The molecule has 0 radical (unpaired) electrons. The van der Waals surface area contributed by atoms with Crippen molar-refractivity contribution in [1.29, 1.82) is 5.26 Å². The van der Waals surface area contributed by atoms with Crippen LogP contribution in [0.4, 0.5) is 5.69 Å². The van der Waals surface area contributed by atoms with E-state index in [1.54, 1.807) is 13.1 Å². The lowest BCUT2D eigenvalue weighted by atomic mass is 9.97. The molecule has 6 nitrogen and oxygen atoms in total. The molecular formula is C27H31N5O. The number of nitrogens with zero attached hydrogens (tertiary/aromatic N) is 3. The van der Waals surface area contributed by atoms with Crippen LogP contribution >= 0.6 is 0 Å². The summed E-state index contributed by atoms with van der Waals surface area (Å²) in [5.74, 6) is 4.35. The predicted octanol–water partition coefficient (Wildman–Crippen LogP) is 4.08. The number of nitrogen functional groups attached to an aromatic ring is 1. The van der Waals surface area contributed by atoms with Crippen LogP contribution in [0.25, 0.3) is 22.0 Å². The van der Waals surface area contributed by atoms with Crippen molar-refractivity contribution in [3.8, 4) is 41.9 Å². The van der Waals surface area contributed by atoms with Crippen molar-refractivity contribution in [2.45, 2.75) is 40.2 Å². The summed E-state index contributed by atoms with van der Waals surface area (Å²) in [4.78, 5) is 15.4. The highest BCUT2D eigenvalue weighted by Gasteiger charge is 2.17. The van der Waals surface area contributed by atoms with E-state index in [1.807, 2.05) is 31.5 Å². The predicted molar refractivity (Wildman–Crippen MR) is 136 cm³/mol. The molecule has 0 aliphatic rings. The monoisotopic (exact) mass is 441 g/mol. The lowest BCUT2D eigenvalue weighted by molar-refractivity contribution is -0.109. The number of aromatic nitrogens is 2. The van der Waals surface area contributed by atoms with Gasteiger partial charge in [-0.1, -0.05) is 12.8 Å². The topological polar surface area (TPSA) is 111 Å². The van der Waals surface area contributed by atoms with E-state index in [0.717, 1.165) is 45.9 Å². The smallest absolute Gasteiger partial charge is 0.135 e. The van der Waals surface area contributed by atoms with Crippen molar-refractivity contribution in [3.05, 3.63) is 47.4 Å². The average molecular weight is 442 g/mol. The maximum absolute atomic E-state index is 11.1. The van der Waals surface area contributed by atoms with Gasteiger partial charge in [-0.2, -0.15) is 5.26 Å². The maximum atomic E-state index is 11.1. The molecule has 3 aromatic rings. The molecule has 2 aromatic heterocycles. The number of carbonyl (C=O) groups excluding carboxylic acids is 1. The van der Waals surface area contributed by atoms with E-state index in [4.69, 9.17) is 12.2 Å². The highest BCUT2D eigenvalue weighted by Crippen LogP contribution is 2.36. The van der Waals surface area contributed by atoms with Crippen LogP contribution in [0.1, 0.15) is 37.0 Å². The Kier molecular flexibility index (Phi) is 10.9. The number of hydrogen-bond acceptors (Lipinski definition) is 5. The average Bonchev–Trinajstić information content (AvgIpc) is 3.17. The third kappa shape index (κ3) is 6.23. The van der Waals surface area contributed by atoms with Crippen molar-refractivity contribution in [2.75, 3.05) is 12.8 Å². The minimum atomic E-state index is -0.416. The third-order valence-electron chi connectivity index (χ3n) is 5.14. The molecule has 33 heavy (non-hydrogen) atoms. The van der Waals surface area contributed by atoms with Crippen LogP contribution in [0.3, 0.4) is 0 Å². The van der Waals surface area contributed by atoms with Gasteiger partial charge in [0.1, 0.15) is 6.29 Å². The Bertz CT molecular complexity index is 1220. The normalized spacial score (nSPS) is 10.4. The lowest BCUT2D eigenvalue weighted by Crippen LogP contribution is -2.05. The van der Waals surface area contributed by atoms with Gasteiger partial charge in [-0.25, -0.2) is 0 Å². The molecule has 0 saturated heterocycles. The Hall–Kier alpha value is -4.05. The van der Waals surface area contributed by atoms with E-state index in [-0.39, 0.29) is 0 Å². The van der Waals surface area contributed by atoms with Gasteiger partial charge in [0.25, 0.3) is 0 Å². The molecule has 6 heteroatoms. The quantitative estimate of drug-likeness (QED) is 0.442. The molecule has 2 heterocycles. The Balaban J connectivity index is 0.00000101. The zero-order valence-corrected chi connectivity index (χ0v) is 19.7. The van der Waals surface area contributed by atoms with Gasteiger partial charge in [-0.05, 0) is 57.0 Å². The van der Waals surface area contributed by atoms with E-state index in [2.05, 4.69) is 46.5 Å². The van der Waals surface area contributed by atoms with Crippen LogP contribution in [0, 0.1) is 48.9 Å². The standard InChI is InChI=1S/C23H22N4O.C3H4.CH5N/c1-4-16(14-28)6-7-27-13-21(20-11-26-12-22(25)18(20)5-2)19-9-17(10-24)15(3)8-23(19)27;1-3-2;1-2/h1,8-9,11-14,16H,5-7,25H2,2-3H3;1H,2H3;2H2,1H3. The molecule has 0 amide bonds. The van der Waals surface area contributed by atoms with Crippen LogP contribution in [0.15, 0.2) is 30.7 Å². The van der Waals surface area contributed by atoms with Gasteiger partial charge in [-0.15, -0.1) is 18.8 Å². The number of rotatable bonds is 6. The molecule has 3 rings (SSSR count). The molecular weight excluding hydrogens is 410 g/mol. The summed E-state index contributed by atoms with van der Waals surface area (Å²) in [6.45, 7) is 6.23. The highest BCUT2D eigenvalue weighted by molar-refractivity contribution is 5.98. The van der Waals surface area contributed by atoms with Gasteiger partial charge in [0, 0.05) is 41.0 Å². The number of nitrogens with two attached hydrogens (primary N) is 2. The summed E-state index contributed by atoms with van der Waals surface area (Å²) in [5, 5.41) is 10.4. The number of carbonyl (C=O) groups is 1. The number of hydrogen-bond donors (Lipinski definition) is 2. The van der Waals surface area contributed by atoms with Crippen LogP contribution in [-0.4, -0.2) is 22.9 Å². The number of fused-ring (bicyclic) bond motifs is 1. The number of aryl methyl sites for hydroxylation is 2. The van der Waals surface area contributed by atoms with Crippen molar-refractivity contribution in [2.24, 2.45) is 11.7 Å². The fourth-order valence-corrected chi connectivity index (χ4v) is 3.56. The maximum Gasteiger partial charge on any atom is 0.135 e. The number of benzene rings is 1. The van der Waals surface area contributed by atoms with Gasteiger partial charge in [0.2, 0.25) is 0 Å². The van der Waals surface area contributed by atoms with E-state index < -0.39 is 5.92 Å². The number of terminal acetylenes is 2. The first-order valence-corrected chi connectivity index (χ1v) is 10.6. The fraction of sp³-hybridized carbons (Fsp3) is 0.296. The Morgan fingerprint density at radius 2 is 1.91 bits per heavy atom. The first-order valence-electron chi connectivity index (χ1n) is 10.6. The molecule has 4 N–H and O–H groups in total. The van der Waals surface area contributed by atoms with Gasteiger partial charge >= 0.3 is 0 Å². The molecule has 0 spiro atoms. The summed E-state index contributed by atoms with van der Waals surface area (Å²) in [6.07, 6.45) is 17.7. The van der Waals surface area contributed by atoms with Crippen LogP contribution in [-0.2, 0) is 17.8 Å². The first kappa shape index (κ1) is 27.0. The third-order valence-corrected chi connectivity index (χ3v) is 5.14. The van der Waals surface area contributed by atoms with Crippen molar-refractivity contribution in [3.63, 3.8) is 0 Å². The minimum Gasteiger partial charge on any atom is -0.397 e.